The number of pyridine rings is 1. The predicted octanol–water partition coefficient (Wildman–Crippen LogP) is 3.99. The second-order valence-corrected chi connectivity index (χ2v) is 4.84. The van der Waals surface area contributed by atoms with Gasteiger partial charge in [0.1, 0.15) is 0 Å². The highest BCUT2D eigenvalue weighted by Crippen LogP contribution is 2.22. The first-order valence-electron chi connectivity index (χ1n) is 6.04. The average Bonchev–Trinajstić information content (AvgIpc) is 2.44. The molecular formula is C16H12ClNO. The first-order valence-corrected chi connectivity index (χ1v) is 6.42. The van der Waals surface area contributed by atoms with Crippen molar-refractivity contribution in [1.29, 1.82) is 0 Å². The fourth-order valence-electron chi connectivity index (χ4n) is 2.43. The van der Waals surface area contributed by atoms with Crippen molar-refractivity contribution < 1.29 is 0 Å². The minimum atomic E-state index is 0.0217. The molecule has 0 saturated heterocycles. The van der Waals surface area contributed by atoms with Gasteiger partial charge in [0.05, 0.1) is 11.0 Å². The highest BCUT2D eigenvalue weighted by Gasteiger charge is 2.09. The van der Waals surface area contributed by atoms with E-state index >= 15 is 0 Å². The Balaban J connectivity index is 2.61. The van der Waals surface area contributed by atoms with Crippen molar-refractivity contribution in [2.75, 3.05) is 0 Å². The number of rotatable bonds is 2. The minimum Gasteiger partial charge on any atom is -0.336 e. The van der Waals surface area contributed by atoms with Crippen molar-refractivity contribution in [1.82, 2.24) is 4.57 Å². The summed E-state index contributed by atoms with van der Waals surface area (Å²) in [7, 11) is 0. The van der Waals surface area contributed by atoms with Crippen LogP contribution in [0.1, 0.15) is 0 Å². The summed E-state index contributed by atoms with van der Waals surface area (Å²) in [6.45, 7) is 4.44. The molecule has 0 fully saturated rings. The molecule has 19 heavy (non-hydrogen) atoms. The molecular weight excluding hydrogens is 258 g/mol. The van der Waals surface area contributed by atoms with Crippen LogP contribution in [0.5, 0.6) is 0 Å². The Bertz CT molecular complexity index is 848. The maximum absolute atomic E-state index is 12.5. The van der Waals surface area contributed by atoms with Crippen molar-refractivity contribution in [3.63, 3.8) is 0 Å². The highest BCUT2D eigenvalue weighted by atomic mass is 35.5. The summed E-state index contributed by atoms with van der Waals surface area (Å²) in [5, 5.41) is 1.93. The highest BCUT2D eigenvalue weighted by molar-refractivity contribution is 6.31. The summed E-state index contributed by atoms with van der Waals surface area (Å²) in [5.41, 5.74) is 1.82. The maximum Gasteiger partial charge on any atom is 0.197 e. The van der Waals surface area contributed by atoms with E-state index < -0.39 is 0 Å². The third-order valence-corrected chi connectivity index (χ3v) is 3.48. The first kappa shape index (κ1) is 12.0. The Morgan fingerprint density at radius 2 is 1.84 bits per heavy atom. The van der Waals surface area contributed by atoms with Gasteiger partial charge in [-0.05, 0) is 30.3 Å². The Morgan fingerprint density at radius 3 is 2.63 bits per heavy atom. The van der Waals surface area contributed by atoms with Crippen LogP contribution in [0.3, 0.4) is 0 Å². The second-order valence-electron chi connectivity index (χ2n) is 4.41. The van der Waals surface area contributed by atoms with E-state index in [1.807, 2.05) is 36.4 Å². The summed E-state index contributed by atoms with van der Waals surface area (Å²) in [6.07, 6.45) is 1.82. The van der Waals surface area contributed by atoms with Gasteiger partial charge in [-0.1, -0.05) is 29.8 Å². The van der Waals surface area contributed by atoms with Gasteiger partial charge in [-0.2, -0.15) is 0 Å². The SMILES string of the molecule is C=CCn1c2ccccc2c(=O)c2cc(Cl)ccc21. The van der Waals surface area contributed by atoms with Crippen LogP contribution in [0.4, 0.5) is 0 Å². The van der Waals surface area contributed by atoms with Crippen LogP contribution in [-0.2, 0) is 6.54 Å². The quantitative estimate of drug-likeness (QED) is 0.509. The molecule has 94 valence electrons. The van der Waals surface area contributed by atoms with Crippen LogP contribution >= 0.6 is 11.6 Å². The molecule has 3 heteroatoms. The van der Waals surface area contributed by atoms with E-state index in [1.54, 1.807) is 12.1 Å². The maximum atomic E-state index is 12.5. The molecule has 3 rings (SSSR count). The van der Waals surface area contributed by atoms with Crippen LogP contribution < -0.4 is 5.43 Å². The zero-order valence-electron chi connectivity index (χ0n) is 10.3. The minimum absolute atomic E-state index is 0.0217. The molecule has 0 unspecified atom stereocenters. The Morgan fingerprint density at radius 1 is 1.11 bits per heavy atom. The molecule has 0 spiro atoms. The van der Waals surface area contributed by atoms with Crippen LogP contribution in [0, 0.1) is 0 Å². The van der Waals surface area contributed by atoms with Gasteiger partial charge >= 0.3 is 0 Å². The number of benzene rings is 2. The number of aromatic nitrogens is 1. The number of hydrogen-bond donors (Lipinski definition) is 0. The van der Waals surface area contributed by atoms with Gasteiger partial charge in [0.25, 0.3) is 0 Å². The van der Waals surface area contributed by atoms with E-state index in [0.29, 0.717) is 22.3 Å². The smallest absolute Gasteiger partial charge is 0.197 e. The molecule has 0 radical (unpaired) electrons. The number of nitrogens with zero attached hydrogens (tertiary/aromatic N) is 1. The van der Waals surface area contributed by atoms with E-state index in [1.165, 1.54) is 0 Å². The van der Waals surface area contributed by atoms with Crippen LogP contribution in [0.25, 0.3) is 21.8 Å². The second kappa shape index (κ2) is 4.56. The van der Waals surface area contributed by atoms with E-state index in [0.717, 1.165) is 11.0 Å². The number of halogens is 1. The summed E-state index contributed by atoms with van der Waals surface area (Å²) < 4.78 is 2.08. The van der Waals surface area contributed by atoms with E-state index in [4.69, 9.17) is 11.6 Å². The lowest BCUT2D eigenvalue weighted by Crippen LogP contribution is -2.10. The fraction of sp³-hybridized carbons (Fsp3) is 0.0625. The van der Waals surface area contributed by atoms with Crippen molar-refractivity contribution in [3.8, 4) is 0 Å². The molecule has 0 aliphatic carbocycles. The monoisotopic (exact) mass is 269 g/mol. The summed E-state index contributed by atoms with van der Waals surface area (Å²) >= 11 is 6.00. The molecule has 0 atom stereocenters. The Kier molecular flexibility index (Phi) is 2.88. The summed E-state index contributed by atoms with van der Waals surface area (Å²) in [6, 6.07) is 13.0. The molecule has 0 amide bonds. The fourth-order valence-corrected chi connectivity index (χ4v) is 2.60. The van der Waals surface area contributed by atoms with Crippen molar-refractivity contribution in [2.24, 2.45) is 0 Å². The molecule has 0 N–H and O–H groups in total. The predicted molar refractivity (Wildman–Crippen MR) is 80.9 cm³/mol. The van der Waals surface area contributed by atoms with Crippen LogP contribution in [0.15, 0.2) is 59.9 Å². The molecule has 0 aliphatic rings. The molecule has 1 heterocycles. The normalized spacial score (nSPS) is 11.0. The van der Waals surface area contributed by atoms with E-state index in [2.05, 4.69) is 11.1 Å². The lowest BCUT2D eigenvalue weighted by Gasteiger charge is -2.13. The van der Waals surface area contributed by atoms with E-state index in [9.17, 15) is 4.79 Å². The molecule has 1 aromatic heterocycles. The average molecular weight is 270 g/mol. The largest absolute Gasteiger partial charge is 0.336 e. The first-order chi connectivity index (χ1) is 9.22. The molecule has 2 nitrogen and oxygen atoms in total. The summed E-state index contributed by atoms with van der Waals surface area (Å²) in [5.74, 6) is 0. The van der Waals surface area contributed by atoms with Gasteiger partial charge in [-0.25, -0.2) is 0 Å². The van der Waals surface area contributed by atoms with Gasteiger partial charge < -0.3 is 4.57 Å². The topological polar surface area (TPSA) is 22.0 Å². The number of para-hydroxylation sites is 1. The van der Waals surface area contributed by atoms with Gasteiger partial charge in [0.15, 0.2) is 5.43 Å². The zero-order chi connectivity index (χ0) is 13.4. The number of hydrogen-bond acceptors (Lipinski definition) is 1. The molecule has 0 saturated carbocycles. The van der Waals surface area contributed by atoms with Crippen LogP contribution in [0.2, 0.25) is 5.02 Å². The standard InChI is InChI=1S/C16H12ClNO/c1-2-9-18-14-6-4-3-5-12(14)16(19)13-10-11(17)7-8-15(13)18/h2-8,10H,1,9H2. The molecule has 2 aromatic carbocycles. The van der Waals surface area contributed by atoms with Gasteiger partial charge in [-0.15, -0.1) is 6.58 Å². The lowest BCUT2D eigenvalue weighted by atomic mass is 10.1. The molecule has 0 bridgehead atoms. The van der Waals surface area contributed by atoms with Crippen molar-refractivity contribution in [2.45, 2.75) is 6.54 Å². The van der Waals surface area contributed by atoms with Gasteiger partial charge in [0.2, 0.25) is 0 Å². The number of allylic oxidation sites excluding steroid dienone is 1. The van der Waals surface area contributed by atoms with Gasteiger partial charge in [-0.3, -0.25) is 4.79 Å². The van der Waals surface area contributed by atoms with Crippen molar-refractivity contribution >= 4 is 33.4 Å². The molecule has 3 aromatic rings. The molecule has 0 aliphatic heterocycles. The van der Waals surface area contributed by atoms with Gasteiger partial charge in [0, 0.05) is 22.3 Å². The Hall–Kier alpha value is -2.06. The Labute approximate surface area is 115 Å². The van der Waals surface area contributed by atoms with Crippen LogP contribution in [-0.4, -0.2) is 4.57 Å². The summed E-state index contributed by atoms with van der Waals surface area (Å²) in [4.78, 5) is 12.5. The third-order valence-electron chi connectivity index (χ3n) is 3.25. The van der Waals surface area contributed by atoms with Crippen molar-refractivity contribution in [3.05, 3.63) is 70.4 Å². The van der Waals surface area contributed by atoms with E-state index in [-0.39, 0.29) is 5.43 Å². The number of fused-ring (bicyclic) bond motifs is 2. The third kappa shape index (κ3) is 1.85. The lowest BCUT2D eigenvalue weighted by molar-refractivity contribution is 0.893. The zero-order valence-corrected chi connectivity index (χ0v) is 11.0.